The Morgan fingerprint density at radius 2 is 1.79 bits per heavy atom. The highest BCUT2D eigenvalue weighted by Gasteiger charge is 2.17. The Morgan fingerprint density at radius 1 is 1.07 bits per heavy atom. The van der Waals surface area contributed by atoms with Crippen LogP contribution in [0.5, 0.6) is 0 Å². The molecule has 2 aromatic carbocycles. The predicted molar refractivity (Wildman–Crippen MR) is 108 cm³/mol. The first-order valence-electron chi connectivity index (χ1n) is 9.49. The van der Waals surface area contributed by atoms with Gasteiger partial charge in [0, 0.05) is 0 Å². The summed E-state index contributed by atoms with van der Waals surface area (Å²) in [6, 6.07) is 16.4. The third-order valence-corrected chi connectivity index (χ3v) is 4.36. The summed E-state index contributed by atoms with van der Waals surface area (Å²) in [5.74, 6) is -0.468. The SMILES string of the molecule is CC(C)C[C@@H](NC(=O)COC(=O)c1ccc(-n2cncn2)cc1)c1ccccc1. The second-order valence-electron chi connectivity index (χ2n) is 7.12. The first-order chi connectivity index (χ1) is 14.0. The van der Waals surface area contributed by atoms with Crippen LogP contribution in [0.25, 0.3) is 5.69 Å². The Labute approximate surface area is 169 Å². The summed E-state index contributed by atoms with van der Waals surface area (Å²) >= 11 is 0. The van der Waals surface area contributed by atoms with E-state index in [0.717, 1.165) is 17.7 Å². The highest BCUT2D eigenvalue weighted by atomic mass is 16.5. The van der Waals surface area contributed by atoms with Gasteiger partial charge in [0.1, 0.15) is 12.7 Å². The Hall–Kier alpha value is -3.48. The topological polar surface area (TPSA) is 86.1 Å². The molecule has 0 fully saturated rings. The number of nitrogens with zero attached hydrogens (tertiary/aromatic N) is 3. The minimum atomic E-state index is -0.551. The van der Waals surface area contributed by atoms with E-state index in [4.69, 9.17) is 4.74 Å². The zero-order valence-corrected chi connectivity index (χ0v) is 16.5. The van der Waals surface area contributed by atoms with Crippen LogP contribution in [0.15, 0.2) is 67.3 Å². The Morgan fingerprint density at radius 3 is 2.41 bits per heavy atom. The highest BCUT2D eigenvalue weighted by molar-refractivity contribution is 5.91. The normalized spacial score (nSPS) is 11.8. The molecule has 0 aliphatic carbocycles. The fraction of sp³-hybridized carbons (Fsp3) is 0.273. The van der Waals surface area contributed by atoms with Crippen molar-refractivity contribution in [3.05, 3.63) is 78.4 Å². The van der Waals surface area contributed by atoms with E-state index in [9.17, 15) is 9.59 Å². The van der Waals surface area contributed by atoms with Crippen LogP contribution in [-0.2, 0) is 9.53 Å². The van der Waals surface area contributed by atoms with Crippen molar-refractivity contribution in [3.63, 3.8) is 0 Å². The summed E-state index contributed by atoms with van der Waals surface area (Å²) in [6.45, 7) is 3.88. The van der Waals surface area contributed by atoms with Gasteiger partial charge >= 0.3 is 5.97 Å². The van der Waals surface area contributed by atoms with Crippen LogP contribution in [0.2, 0.25) is 0 Å². The zero-order valence-electron chi connectivity index (χ0n) is 16.5. The summed E-state index contributed by atoms with van der Waals surface area (Å²) in [6.07, 6.45) is 3.80. The molecule has 3 aromatic rings. The highest BCUT2D eigenvalue weighted by Crippen LogP contribution is 2.21. The van der Waals surface area contributed by atoms with Crippen LogP contribution in [0.4, 0.5) is 0 Å². The van der Waals surface area contributed by atoms with Gasteiger partial charge in [-0.15, -0.1) is 0 Å². The zero-order chi connectivity index (χ0) is 20.6. The summed E-state index contributed by atoms with van der Waals surface area (Å²) in [5.41, 5.74) is 2.17. The molecule has 7 heteroatoms. The van der Waals surface area contributed by atoms with Crippen LogP contribution in [0, 0.1) is 5.92 Å². The number of aromatic nitrogens is 3. The monoisotopic (exact) mass is 392 g/mol. The fourth-order valence-electron chi connectivity index (χ4n) is 2.98. The van der Waals surface area contributed by atoms with E-state index in [2.05, 4.69) is 29.2 Å². The number of ether oxygens (including phenoxy) is 1. The molecule has 1 heterocycles. The maximum atomic E-state index is 12.3. The fourth-order valence-corrected chi connectivity index (χ4v) is 2.98. The van der Waals surface area contributed by atoms with E-state index < -0.39 is 5.97 Å². The molecule has 0 spiro atoms. The molecule has 150 valence electrons. The van der Waals surface area contributed by atoms with Gasteiger partial charge in [-0.05, 0) is 42.2 Å². The molecule has 0 aliphatic heterocycles. The second-order valence-corrected chi connectivity index (χ2v) is 7.12. The van der Waals surface area contributed by atoms with Crippen molar-refractivity contribution in [1.29, 1.82) is 0 Å². The lowest BCUT2D eigenvalue weighted by molar-refractivity contribution is -0.125. The van der Waals surface area contributed by atoms with Crippen LogP contribution in [-0.4, -0.2) is 33.2 Å². The van der Waals surface area contributed by atoms with Crippen LogP contribution in [0.1, 0.15) is 42.2 Å². The largest absolute Gasteiger partial charge is 0.452 e. The smallest absolute Gasteiger partial charge is 0.338 e. The van der Waals surface area contributed by atoms with Crippen molar-refractivity contribution in [2.24, 2.45) is 5.92 Å². The van der Waals surface area contributed by atoms with Gasteiger partial charge in [0.05, 0.1) is 17.3 Å². The molecule has 0 unspecified atom stereocenters. The number of hydrogen-bond donors (Lipinski definition) is 1. The molecule has 7 nitrogen and oxygen atoms in total. The maximum absolute atomic E-state index is 12.3. The molecule has 0 radical (unpaired) electrons. The van der Waals surface area contributed by atoms with Gasteiger partial charge in [-0.25, -0.2) is 14.5 Å². The Kier molecular flexibility index (Phi) is 6.73. The minimum Gasteiger partial charge on any atom is -0.452 e. The maximum Gasteiger partial charge on any atom is 0.338 e. The standard InChI is InChI=1S/C22H24N4O3/c1-16(2)12-20(17-6-4-3-5-7-17)25-21(27)13-29-22(28)18-8-10-19(11-9-18)26-15-23-14-24-26/h3-11,14-16,20H,12-13H2,1-2H3,(H,25,27)/t20-/m1/s1. The second kappa shape index (κ2) is 9.64. The molecular weight excluding hydrogens is 368 g/mol. The third-order valence-electron chi connectivity index (χ3n) is 4.36. The number of esters is 1. The van der Waals surface area contributed by atoms with Crippen molar-refractivity contribution in [3.8, 4) is 5.69 Å². The van der Waals surface area contributed by atoms with E-state index in [1.807, 2.05) is 30.3 Å². The van der Waals surface area contributed by atoms with Gasteiger partial charge < -0.3 is 10.1 Å². The lowest BCUT2D eigenvalue weighted by atomic mass is 9.97. The molecule has 0 saturated heterocycles. The van der Waals surface area contributed by atoms with Crippen LogP contribution >= 0.6 is 0 Å². The minimum absolute atomic E-state index is 0.121. The van der Waals surface area contributed by atoms with Gasteiger partial charge in [-0.2, -0.15) is 5.10 Å². The number of carbonyl (C=O) groups excluding carboxylic acids is 2. The summed E-state index contributed by atoms with van der Waals surface area (Å²) in [7, 11) is 0. The molecule has 0 aliphatic rings. The number of benzene rings is 2. The first-order valence-corrected chi connectivity index (χ1v) is 9.49. The number of amides is 1. The first kappa shape index (κ1) is 20.3. The average Bonchev–Trinajstić information content (AvgIpc) is 3.27. The van der Waals surface area contributed by atoms with E-state index in [1.54, 1.807) is 35.3 Å². The molecule has 1 amide bonds. The summed E-state index contributed by atoms with van der Waals surface area (Å²) in [5, 5.41) is 6.99. The van der Waals surface area contributed by atoms with Crippen molar-refractivity contribution in [1.82, 2.24) is 20.1 Å². The molecular formula is C22H24N4O3. The number of carbonyl (C=O) groups is 2. The van der Waals surface area contributed by atoms with E-state index >= 15 is 0 Å². The van der Waals surface area contributed by atoms with Crippen LogP contribution in [0.3, 0.4) is 0 Å². The molecule has 0 bridgehead atoms. The van der Waals surface area contributed by atoms with Gasteiger partial charge in [0.25, 0.3) is 5.91 Å². The number of rotatable bonds is 8. The molecule has 3 rings (SSSR count). The van der Waals surface area contributed by atoms with E-state index in [1.165, 1.54) is 6.33 Å². The van der Waals surface area contributed by atoms with E-state index in [0.29, 0.717) is 11.5 Å². The quantitative estimate of drug-likeness (QED) is 0.594. The summed E-state index contributed by atoms with van der Waals surface area (Å²) in [4.78, 5) is 28.5. The van der Waals surface area contributed by atoms with Gasteiger partial charge in [0.2, 0.25) is 0 Å². The molecule has 0 saturated carbocycles. The van der Waals surface area contributed by atoms with Crippen LogP contribution < -0.4 is 5.32 Å². The molecule has 1 aromatic heterocycles. The Bertz CT molecular complexity index is 922. The number of hydrogen-bond acceptors (Lipinski definition) is 5. The van der Waals surface area contributed by atoms with E-state index in [-0.39, 0.29) is 18.6 Å². The lowest BCUT2D eigenvalue weighted by Crippen LogP contribution is -2.33. The Balaban J connectivity index is 1.55. The molecule has 1 atom stereocenters. The van der Waals surface area contributed by atoms with Gasteiger partial charge in [-0.3, -0.25) is 4.79 Å². The molecule has 1 N–H and O–H groups in total. The molecule has 29 heavy (non-hydrogen) atoms. The van der Waals surface area contributed by atoms with Crippen molar-refractivity contribution < 1.29 is 14.3 Å². The van der Waals surface area contributed by atoms with Gasteiger partial charge in [0.15, 0.2) is 6.61 Å². The average molecular weight is 392 g/mol. The van der Waals surface area contributed by atoms with Crippen molar-refractivity contribution in [2.45, 2.75) is 26.3 Å². The number of nitrogens with one attached hydrogen (secondary N) is 1. The third kappa shape index (κ3) is 5.75. The van der Waals surface area contributed by atoms with Crippen molar-refractivity contribution >= 4 is 11.9 Å². The summed E-state index contributed by atoms with van der Waals surface area (Å²) < 4.78 is 6.76. The lowest BCUT2D eigenvalue weighted by Gasteiger charge is -2.21. The van der Waals surface area contributed by atoms with Gasteiger partial charge in [-0.1, -0.05) is 44.2 Å². The van der Waals surface area contributed by atoms with Crippen molar-refractivity contribution in [2.75, 3.05) is 6.61 Å². The predicted octanol–water partition coefficient (Wildman–Crippen LogP) is 3.33.